The summed E-state index contributed by atoms with van der Waals surface area (Å²) in [5, 5.41) is 32.9. The van der Waals surface area contributed by atoms with E-state index in [1.165, 1.54) is 0 Å². The number of benzene rings is 1. The lowest BCUT2D eigenvalue weighted by molar-refractivity contribution is -0.113. The van der Waals surface area contributed by atoms with Crippen LogP contribution < -0.4 is 5.32 Å². The lowest BCUT2D eigenvalue weighted by Crippen LogP contribution is -2.60. The number of aliphatic hydroxyl groups excluding tert-OH is 1. The second-order valence-corrected chi connectivity index (χ2v) is 5.59. The first kappa shape index (κ1) is 14.8. The van der Waals surface area contributed by atoms with Gasteiger partial charge in [-0.2, -0.15) is 0 Å². The fraction of sp³-hybridized carbons (Fsp3) is 0.571. The first-order valence-corrected chi connectivity index (χ1v) is 6.52. The zero-order valence-corrected chi connectivity index (χ0v) is 12.3. The van der Waals surface area contributed by atoms with Crippen LogP contribution in [0.15, 0.2) is 24.3 Å². The number of hydrogen-bond acceptors (Lipinski definition) is 4. The van der Waals surface area contributed by atoms with E-state index in [0.717, 1.165) is 12.0 Å². The van der Waals surface area contributed by atoms with Gasteiger partial charge in [-0.3, -0.25) is 5.32 Å². The third-order valence-corrected chi connectivity index (χ3v) is 4.39. The lowest BCUT2D eigenvalue weighted by atomic mass is 9.67. The van der Waals surface area contributed by atoms with Crippen LogP contribution in [-0.2, 0) is 0 Å². The van der Waals surface area contributed by atoms with Crippen molar-refractivity contribution in [2.75, 3.05) is 6.54 Å². The highest BCUT2D eigenvalue weighted by Crippen LogP contribution is 2.45. The monoisotopic (exact) mass is 329 g/mol. The van der Waals surface area contributed by atoms with E-state index in [2.05, 4.69) is 5.32 Å². The summed E-state index contributed by atoms with van der Waals surface area (Å²) < 4.78 is 0. The van der Waals surface area contributed by atoms with Crippen molar-refractivity contribution >= 4 is 17.0 Å². The van der Waals surface area contributed by atoms with Gasteiger partial charge < -0.3 is 15.3 Å². The number of phenolic OH excluding ortho intramolecular Hbond substituents is 1. The summed E-state index contributed by atoms with van der Waals surface area (Å²) in [5.74, 6) is 0.540. The molecule has 2 fully saturated rings. The normalized spacial score (nSPS) is 37.5. The molecule has 1 heterocycles. The number of β-amino-alcohol motifs (C(OH)–C–C–N with tert-alkyl or cyclic N) is 1. The Morgan fingerprint density at radius 3 is 2.84 bits per heavy atom. The number of aliphatic hydroxyl groups is 2. The van der Waals surface area contributed by atoms with E-state index in [4.69, 9.17) is 0 Å². The van der Waals surface area contributed by atoms with Gasteiger partial charge in [-0.1, -0.05) is 12.1 Å². The molecule has 0 radical (unpaired) electrons. The number of rotatable bonds is 1. The average molecular weight is 330 g/mol. The highest BCUT2D eigenvalue weighted by atomic mass is 79.9. The van der Waals surface area contributed by atoms with Crippen molar-refractivity contribution in [2.45, 2.75) is 37.0 Å². The minimum atomic E-state index is -0.808. The van der Waals surface area contributed by atoms with Gasteiger partial charge >= 0.3 is 0 Å². The maximum Gasteiger partial charge on any atom is 0.116 e. The van der Waals surface area contributed by atoms with E-state index >= 15 is 0 Å². The van der Waals surface area contributed by atoms with Crippen molar-refractivity contribution in [3.05, 3.63) is 29.8 Å². The van der Waals surface area contributed by atoms with Crippen molar-refractivity contribution < 1.29 is 15.3 Å². The van der Waals surface area contributed by atoms with Gasteiger partial charge in [0.25, 0.3) is 0 Å². The van der Waals surface area contributed by atoms with Crippen LogP contribution in [-0.4, -0.2) is 33.7 Å². The average Bonchev–Trinajstić information content (AvgIpc) is 2.35. The summed E-state index contributed by atoms with van der Waals surface area (Å²) in [6, 6.07) is 7.24. The summed E-state index contributed by atoms with van der Waals surface area (Å²) in [7, 11) is 0. The van der Waals surface area contributed by atoms with Crippen LogP contribution >= 0.6 is 17.0 Å². The van der Waals surface area contributed by atoms with Gasteiger partial charge in [0.1, 0.15) is 11.5 Å². The van der Waals surface area contributed by atoms with Gasteiger partial charge in [-0.25, -0.2) is 0 Å². The lowest BCUT2D eigenvalue weighted by Gasteiger charge is -2.48. The van der Waals surface area contributed by atoms with Gasteiger partial charge in [-0.05, 0) is 48.8 Å². The predicted octanol–water partition coefficient (Wildman–Crippen LogP) is 1.51. The topological polar surface area (TPSA) is 72.7 Å². The Bertz CT molecular complexity index is 456. The maximum atomic E-state index is 10.3. The standard InChI is InChI=1S/C14H19NO3.BrH/c16-10-3-1-2-9(6-10)11-4-5-14(18)7-12(11)13(17)8-15-14;/h1-3,6,11-13,15-18H,4-5,7-8H2;1H. The van der Waals surface area contributed by atoms with Crippen LogP contribution in [0, 0.1) is 5.92 Å². The Kier molecular flexibility index (Phi) is 4.20. The van der Waals surface area contributed by atoms with Crippen LogP contribution in [0.25, 0.3) is 0 Å². The van der Waals surface area contributed by atoms with Gasteiger partial charge in [-0.15, -0.1) is 17.0 Å². The van der Waals surface area contributed by atoms with Crippen molar-refractivity contribution in [3.8, 4) is 5.75 Å². The van der Waals surface area contributed by atoms with Crippen molar-refractivity contribution in [1.29, 1.82) is 0 Å². The van der Waals surface area contributed by atoms with E-state index in [0.29, 0.717) is 19.4 Å². The van der Waals surface area contributed by atoms with Crippen LogP contribution in [0.4, 0.5) is 0 Å². The van der Waals surface area contributed by atoms with Crippen molar-refractivity contribution in [1.82, 2.24) is 5.32 Å². The van der Waals surface area contributed by atoms with Gasteiger partial charge in [0.2, 0.25) is 0 Å². The number of nitrogens with one attached hydrogen (secondary N) is 1. The third-order valence-electron chi connectivity index (χ3n) is 4.39. The van der Waals surface area contributed by atoms with E-state index in [1.807, 2.05) is 12.1 Å². The first-order valence-electron chi connectivity index (χ1n) is 6.52. The molecule has 4 N–H and O–H groups in total. The number of aromatic hydroxyl groups is 1. The Morgan fingerprint density at radius 1 is 1.32 bits per heavy atom. The molecule has 2 bridgehead atoms. The Labute approximate surface area is 123 Å². The molecule has 106 valence electrons. The molecule has 1 aromatic carbocycles. The SMILES string of the molecule is Br.Oc1cccc(C2CCC3(O)CC2C(O)CN3)c1. The fourth-order valence-electron chi connectivity index (χ4n) is 3.42. The molecular formula is C14H20BrNO3. The molecule has 1 aliphatic carbocycles. The van der Waals surface area contributed by atoms with Crippen molar-refractivity contribution in [3.63, 3.8) is 0 Å². The molecule has 2 aliphatic rings. The van der Waals surface area contributed by atoms with E-state index in [-0.39, 0.29) is 34.6 Å². The minimum Gasteiger partial charge on any atom is -0.508 e. The van der Waals surface area contributed by atoms with E-state index in [9.17, 15) is 15.3 Å². The second-order valence-electron chi connectivity index (χ2n) is 5.59. The molecule has 4 nitrogen and oxygen atoms in total. The van der Waals surface area contributed by atoms with Gasteiger partial charge in [0.05, 0.1) is 6.10 Å². The van der Waals surface area contributed by atoms with E-state index < -0.39 is 11.8 Å². The molecule has 1 saturated heterocycles. The highest BCUT2D eigenvalue weighted by Gasteiger charge is 2.46. The summed E-state index contributed by atoms with van der Waals surface area (Å²) in [6.07, 6.45) is 1.66. The quantitative estimate of drug-likeness (QED) is 0.630. The Balaban J connectivity index is 0.00000133. The molecule has 0 spiro atoms. The Hall–Kier alpha value is -0.620. The van der Waals surface area contributed by atoms with E-state index in [1.54, 1.807) is 12.1 Å². The molecule has 0 amide bonds. The zero-order chi connectivity index (χ0) is 12.8. The molecule has 5 heteroatoms. The first-order chi connectivity index (χ1) is 8.57. The van der Waals surface area contributed by atoms with Gasteiger partial charge in [0.15, 0.2) is 0 Å². The smallest absolute Gasteiger partial charge is 0.116 e. The summed E-state index contributed by atoms with van der Waals surface area (Å²) in [5.41, 5.74) is 0.250. The Morgan fingerprint density at radius 2 is 2.11 bits per heavy atom. The highest BCUT2D eigenvalue weighted by molar-refractivity contribution is 8.93. The number of hydrogen-bond donors (Lipinski definition) is 4. The number of halogens is 1. The number of piperidine rings is 1. The molecule has 19 heavy (non-hydrogen) atoms. The second kappa shape index (κ2) is 5.40. The third kappa shape index (κ3) is 2.79. The summed E-state index contributed by atoms with van der Waals surface area (Å²) in [4.78, 5) is 0. The zero-order valence-electron chi connectivity index (χ0n) is 10.6. The van der Waals surface area contributed by atoms with Crippen molar-refractivity contribution in [2.24, 2.45) is 5.92 Å². The number of fused-ring (bicyclic) bond motifs is 2. The summed E-state index contributed by atoms with van der Waals surface area (Å²) >= 11 is 0. The minimum absolute atomic E-state index is 0. The molecule has 3 rings (SSSR count). The van der Waals surface area contributed by atoms with Crippen LogP contribution in [0.5, 0.6) is 5.75 Å². The van der Waals surface area contributed by atoms with Crippen LogP contribution in [0.2, 0.25) is 0 Å². The molecule has 0 aromatic heterocycles. The predicted molar refractivity (Wildman–Crippen MR) is 77.5 cm³/mol. The van der Waals surface area contributed by atoms with Gasteiger partial charge in [0, 0.05) is 6.54 Å². The molecular weight excluding hydrogens is 310 g/mol. The summed E-state index contributed by atoms with van der Waals surface area (Å²) in [6.45, 7) is 0.441. The van der Waals surface area contributed by atoms with Crippen LogP contribution in [0.1, 0.15) is 30.7 Å². The molecule has 1 aromatic rings. The maximum absolute atomic E-state index is 10.3. The van der Waals surface area contributed by atoms with Crippen LogP contribution in [0.3, 0.4) is 0 Å². The molecule has 1 aliphatic heterocycles. The largest absolute Gasteiger partial charge is 0.508 e. The molecule has 1 saturated carbocycles. The molecule has 4 unspecified atom stereocenters. The number of phenols is 1. The fourth-order valence-corrected chi connectivity index (χ4v) is 3.42. The molecule has 4 atom stereocenters.